The van der Waals surface area contributed by atoms with Gasteiger partial charge in [-0.05, 0) is 18.9 Å². The minimum atomic E-state index is -0.379. The predicted octanol–water partition coefficient (Wildman–Crippen LogP) is -0.138. The lowest BCUT2D eigenvalue weighted by Gasteiger charge is -2.14. The summed E-state index contributed by atoms with van der Waals surface area (Å²) in [5.41, 5.74) is 6.29. The number of aliphatic hydroxyl groups excluding tert-OH is 1. The minimum absolute atomic E-state index is 0.00134. The number of aliphatic hydroxyl groups is 1. The zero-order valence-corrected chi connectivity index (χ0v) is 8.66. The van der Waals surface area contributed by atoms with E-state index >= 15 is 0 Å². The maximum absolute atomic E-state index is 11.8. The average Bonchev–Trinajstić information content (AvgIpc) is 2.86. The number of carbonyl (C=O) groups excluding carboxylic acids is 1. The van der Waals surface area contributed by atoms with Crippen molar-refractivity contribution in [3.63, 3.8) is 0 Å². The molecule has 0 unspecified atom stereocenters. The fraction of sp³-hybridized carbons (Fsp3) is 0.500. The van der Waals surface area contributed by atoms with Crippen molar-refractivity contribution in [3.05, 3.63) is 18.0 Å². The molecular formula is C10H15N3O2. The molecule has 5 heteroatoms. The molecule has 1 amide bonds. The Kier molecular flexibility index (Phi) is 2.19. The molecule has 0 atom stereocenters. The molecule has 1 heterocycles. The molecule has 1 saturated carbocycles. The van der Waals surface area contributed by atoms with Gasteiger partial charge in [-0.2, -0.15) is 0 Å². The molecule has 1 aliphatic carbocycles. The van der Waals surface area contributed by atoms with Crippen molar-refractivity contribution < 1.29 is 9.90 Å². The Morgan fingerprint density at radius 3 is 2.80 bits per heavy atom. The van der Waals surface area contributed by atoms with Crippen LogP contribution in [0.2, 0.25) is 0 Å². The summed E-state index contributed by atoms with van der Waals surface area (Å²) < 4.78 is 1.68. The molecule has 1 aliphatic rings. The van der Waals surface area contributed by atoms with Crippen LogP contribution in [-0.4, -0.2) is 27.7 Å². The molecule has 4 N–H and O–H groups in total. The number of anilines is 1. The summed E-state index contributed by atoms with van der Waals surface area (Å²) in [5.74, 6) is -0.180. The number of carbonyl (C=O) groups is 1. The smallest absolute Gasteiger partial charge is 0.268 e. The highest BCUT2D eigenvalue weighted by Crippen LogP contribution is 2.34. The predicted molar refractivity (Wildman–Crippen MR) is 56.3 cm³/mol. The van der Waals surface area contributed by atoms with Crippen LogP contribution in [-0.2, 0) is 7.05 Å². The van der Waals surface area contributed by atoms with E-state index in [0.29, 0.717) is 11.4 Å². The Bertz CT molecular complexity index is 393. The number of aryl methyl sites for hydroxylation is 1. The van der Waals surface area contributed by atoms with Gasteiger partial charge in [0.25, 0.3) is 5.91 Å². The standard InChI is InChI=1S/C10H15N3O2/c1-13-5-7(11)4-8(13)9(15)12-10(6-14)2-3-10/h4-5,14H,2-3,6,11H2,1H3,(H,12,15). The summed E-state index contributed by atoms with van der Waals surface area (Å²) in [4.78, 5) is 11.8. The Balaban J connectivity index is 2.11. The Morgan fingerprint density at radius 1 is 1.73 bits per heavy atom. The Labute approximate surface area is 87.9 Å². The zero-order valence-electron chi connectivity index (χ0n) is 8.66. The summed E-state index contributed by atoms with van der Waals surface area (Å²) in [6.07, 6.45) is 3.37. The van der Waals surface area contributed by atoms with Gasteiger partial charge in [-0.1, -0.05) is 0 Å². The first kappa shape index (κ1) is 10.0. The van der Waals surface area contributed by atoms with Gasteiger partial charge in [-0.15, -0.1) is 0 Å². The second kappa shape index (κ2) is 3.27. The highest BCUT2D eigenvalue weighted by Gasteiger charge is 2.43. The van der Waals surface area contributed by atoms with Gasteiger partial charge in [0.2, 0.25) is 0 Å². The topological polar surface area (TPSA) is 80.3 Å². The largest absolute Gasteiger partial charge is 0.397 e. The molecule has 15 heavy (non-hydrogen) atoms. The number of nitrogen functional groups attached to an aromatic ring is 1. The maximum atomic E-state index is 11.8. The summed E-state index contributed by atoms with van der Waals surface area (Å²) in [7, 11) is 1.77. The summed E-state index contributed by atoms with van der Waals surface area (Å²) >= 11 is 0. The highest BCUT2D eigenvalue weighted by atomic mass is 16.3. The summed E-state index contributed by atoms with van der Waals surface area (Å²) in [6, 6.07) is 1.63. The molecule has 2 rings (SSSR count). The normalized spacial score (nSPS) is 17.5. The average molecular weight is 209 g/mol. The summed E-state index contributed by atoms with van der Waals surface area (Å²) in [6.45, 7) is -0.00134. The first-order valence-electron chi connectivity index (χ1n) is 4.91. The monoisotopic (exact) mass is 209 g/mol. The Hall–Kier alpha value is -1.49. The molecule has 1 aromatic rings. The van der Waals surface area contributed by atoms with Crippen LogP contribution < -0.4 is 11.1 Å². The van der Waals surface area contributed by atoms with Crippen molar-refractivity contribution in [1.82, 2.24) is 9.88 Å². The number of rotatable bonds is 3. The van der Waals surface area contributed by atoms with Gasteiger partial charge in [0.05, 0.1) is 17.8 Å². The number of hydrogen-bond donors (Lipinski definition) is 3. The molecule has 0 bridgehead atoms. The third kappa shape index (κ3) is 1.83. The lowest BCUT2D eigenvalue weighted by molar-refractivity contribution is 0.0898. The first-order chi connectivity index (χ1) is 7.06. The van der Waals surface area contributed by atoms with E-state index in [2.05, 4.69) is 5.32 Å². The van der Waals surface area contributed by atoms with Gasteiger partial charge in [0, 0.05) is 13.2 Å². The molecule has 0 radical (unpaired) electrons. The van der Waals surface area contributed by atoms with Crippen LogP contribution in [0.5, 0.6) is 0 Å². The number of nitrogens with one attached hydrogen (secondary N) is 1. The van der Waals surface area contributed by atoms with E-state index in [0.717, 1.165) is 12.8 Å². The highest BCUT2D eigenvalue weighted by molar-refractivity contribution is 5.94. The van der Waals surface area contributed by atoms with Crippen LogP contribution in [0.3, 0.4) is 0 Å². The van der Waals surface area contributed by atoms with Crippen LogP contribution in [0.15, 0.2) is 12.3 Å². The fourth-order valence-electron chi connectivity index (χ4n) is 1.59. The third-order valence-corrected chi connectivity index (χ3v) is 2.79. The second-order valence-electron chi connectivity index (χ2n) is 4.16. The van der Waals surface area contributed by atoms with E-state index in [1.807, 2.05) is 0 Å². The molecule has 82 valence electrons. The Morgan fingerprint density at radius 2 is 2.40 bits per heavy atom. The number of amides is 1. The van der Waals surface area contributed by atoms with Crippen molar-refractivity contribution in [2.75, 3.05) is 12.3 Å². The van der Waals surface area contributed by atoms with Gasteiger partial charge in [0.15, 0.2) is 0 Å². The molecule has 5 nitrogen and oxygen atoms in total. The van der Waals surface area contributed by atoms with Gasteiger partial charge in [-0.3, -0.25) is 4.79 Å². The van der Waals surface area contributed by atoms with Crippen molar-refractivity contribution in [2.24, 2.45) is 7.05 Å². The number of nitrogens with zero attached hydrogens (tertiary/aromatic N) is 1. The van der Waals surface area contributed by atoms with E-state index in [1.165, 1.54) is 0 Å². The van der Waals surface area contributed by atoms with Crippen LogP contribution in [0.25, 0.3) is 0 Å². The zero-order chi connectivity index (χ0) is 11.1. The van der Waals surface area contributed by atoms with E-state index in [4.69, 9.17) is 10.8 Å². The fourth-order valence-corrected chi connectivity index (χ4v) is 1.59. The molecule has 0 spiro atoms. The van der Waals surface area contributed by atoms with E-state index in [-0.39, 0.29) is 18.1 Å². The second-order valence-corrected chi connectivity index (χ2v) is 4.16. The van der Waals surface area contributed by atoms with Gasteiger partial charge < -0.3 is 20.7 Å². The van der Waals surface area contributed by atoms with Crippen LogP contribution in [0, 0.1) is 0 Å². The van der Waals surface area contributed by atoms with Crippen LogP contribution >= 0.6 is 0 Å². The maximum Gasteiger partial charge on any atom is 0.268 e. The molecular weight excluding hydrogens is 194 g/mol. The number of aromatic nitrogens is 1. The van der Waals surface area contributed by atoms with Gasteiger partial charge in [-0.25, -0.2) is 0 Å². The van der Waals surface area contributed by atoms with E-state index < -0.39 is 0 Å². The quantitative estimate of drug-likeness (QED) is 0.648. The molecule has 1 fully saturated rings. The molecule has 0 aromatic carbocycles. The summed E-state index contributed by atoms with van der Waals surface area (Å²) in [5, 5.41) is 11.9. The van der Waals surface area contributed by atoms with Crippen molar-refractivity contribution in [2.45, 2.75) is 18.4 Å². The van der Waals surface area contributed by atoms with Crippen LogP contribution in [0.4, 0.5) is 5.69 Å². The number of nitrogens with two attached hydrogens (primary N) is 1. The SMILES string of the molecule is Cn1cc(N)cc1C(=O)NC1(CO)CC1. The number of hydrogen-bond acceptors (Lipinski definition) is 3. The third-order valence-electron chi connectivity index (χ3n) is 2.79. The van der Waals surface area contributed by atoms with E-state index in [1.54, 1.807) is 23.9 Å². The minimum Gasteiger partial charge on any atom is -0.397 e. The lowest BCUT2D eigenvalue weighted by atomic mass is 10.2. The first-order valence-corrected chi connectivity index (χ1v) is 4.91. The van der Waals surface area contributed by atoms with Crippen molar-refractivity contribution in [1.29, 1.82) is 0 Å². The van der Waals surface area contributed by atoms with Gasteiger partial charge >= 0.3 is 0 Å². The van der Waals surface area contributed by atoms with Gasteiger partial charge in [0.1, 0.15) is 5.69 Å². The molecule has 1 aromatic heterocycles. The van der Waals surface area contributed by atoms with E-state index in [9.17, 15) is 4.79 Å². The molecule has 0 aliphatic heterocycles. The van der Waals surface area contributed by atoms with Crippen molar-refractivity contribution >= 4 is 11.6 Å². The lowest BCUT2D eigenvalue weighted by Crippen LogP contribution is -2.40. The van der Waals surface area contributed by atoms with Crippen LogP contribution in [0.1, 0.15) is 23.3 Å². The molecule has 0 saturated heterocycles. The van der Waals surface area contributed by atoms with Crippen molar-refractivity contribution in [3.8, 4) is 0 Å².